The van der Waals surface area contributed by atoms with Gasteiger partial charge in [0.25, 0.3) is 5.54 Å². The fraction of sp³-hybridized carbons (Fsp3) is 0.353. The number of anilines is 1. The molecule has 1 aliphatic carbocycles. The summed E-state index contributed by atoms with van der Waals surface area (Å²) in [4.78, 5) is 17.5. The van der Waals surface area contributed by atoms with Gasteiger partial charge in [-0.15, -0.1) is 0 Å². The molecule has 6 nitrogen and oxygen atoms in total. The molecule has 23 heavy (non-hydrogen) atoms. The van der Waals surface area contributed by atoms with E-state index < -0.39 is 0 Å². The van der Waals surface area contributed by atoms with Crippen molar-refractivity contribution in [1.82, 2.24) is 9.78 Å². The highest BCUT2D eigenvalue weighted by molar-refractivity contribution is 5.89. The third-order valence-corrected chi connectivity index (χ3v) is 4.48. The molecule has 1 aromatic carbocycles. The molecule has 6 heteroatoms. The van der Waals surface area contributed by atoms with Crippen LogP contribution in [0.5, 0.6) is 0 Å². The van der Waals surface area contributed by atoms with Crippen molar-refractivity contribution < 1.29 is 9.53 Å². The van der Waals surface area contributed by atoms with Crippen LogP contribution in [-0.4, -0.2) is 28.5 Å². The zero-order valence-corrected chi connectivity index (χ0v) is 12.6. The molecule has 0 unspecified atom stereocenters. The maximum atomic E-state index is 12.1. The Morgan fingerprint density at radius 2 is 2.13 bits per heavy atom. The SMILES string of the molecule is [C-]#[N+]C1(c2ccc(N3C[C@H](Cn4cccn4)OC3=O)cc2)CC1. The van der Waals surface area contributed by atoms with Gasteiger partial charge >= 0.3 is 6.09 Å². The van der Waals surface area contributed by atoms with Crippen LogP contribution < -0.4 is 4.90 Å². The van der Waals surface area contributed by atoms with Crippen molar-refractivity contribution in [3.63, 3.8) is 0 Å². The van der Waals surface area contributed by atoms with Crippen molar-refractivity contribution in [3.05, 3.63) is 59.7 Å². The first kappa shape index (κ1) is 13.8. The molecule has 1 aromatic heterocycles. The average molecular weight is 308 g/mol. The summed E-state index contributed by atoms with van der Waals surface area (Å²) in [6.07, 6.45) is 4.87. The topological polar surface area (TPSA) is 51.7 Å². The highest BCUT2D eigenvalue weighted by atomic mass is 16.6. The Hall–Kier alpha value is -2.81. The number of aromatic nitrogens is 2. The summed E-state index contributed by atoms with van der Waals surface area (Å²) < 4.78 is 7.17. The minimum atomic E-state index is -0.332. The maximum absolute atomic E-state index is 12.1. The van der Waals surface area contributed by atoms with Gasteiger partial charge in [0.2, 0.25) is 0 Å². The van der Waals surface area contributed by atoms with Gasteiger partial charge < -0.3 is 9.58 Å². The summed E-state index contributed by atoms with van der Waals surface area (Å²) in [6, 6.07) is 9.55. The number of rotatable bonds is 4. The summed E-state index contributed by atoms with van der Waals surface area (Å²) in [5, 5.41) is 4.14. The van der Waals surface area contributed by atoms with Crippen molar-refractivity contribution in [3.8, 4) is 0 Å². The highest BCUT2D eigenvalue weighted by Crippen LogP contribution is 2.49. The van der Waals surface area contributed by atoms with Crippen LogP contribution >= 0.6 is 0 Å². The third kappa shape index (κ3) is 2.44. The summed E-state index contributed by atoms with van der Waals surface area (Å²) in [5.74, 6) is 0. The zero-order chi connectivity index (χ0) is 15.9. The Kier molecular flexibility index (Phi) is 3.08. The molecule has 0 bridgehead atoms. The lowest BCUT2D eigenvalue weighted by atomic mass is 10.1. The fourth-order valence-electron chi connectivity index (χ4n) is 2.98. The normalized spacial score (nSPS) is 21.8. The minimum absolute atomic E-state index is 0.208. The molecular formula is C17H16N4O2. The number of cyclic esters (lactones) is 1. The van der Waals surface area contributed by atoms with Crippen LogP contribution in [-0.2, 0) is 16.8 Å². The molecule has 2 heterocycles. The third-order valence-electron chi connectivity index (χ3n) is 4.48. The van der Waals surface area contributed by atoms with Crippen LogP contribution in [0.2, 0.25) is 0 Å². The Morgan fingerprint density at radius 1 is 1.35 bits per heavy atom. The molecule has 116 valence electrons. The Bertz CT molecular complexity index is 757. The second kappa shape index (κ2) is 5.13. The molecule has 4 rings (SSSR count). The predicted molar refractivity (Wildman–Crippen MR) is 83.8 cm³/mol. The molecule has 2 aliphatic rings. The number of hydrogen-bond donors (Lipinski definition) is 0. The number of ether oxygens (including phenoxy) is 1. The number of hydrogen-bond acceptors (Lipinski definition) is 3. The van der Waals surface area contributed by atoms with E-state index in [1.165, 1.54) is 0 Å². The van der Waals surface area contributed by atoms with Gasteiger partial charge in [-0.25, -0.2) is 11.4 Å². The number of amides is 1. The molecule has 0 N–H and O–H groups in total. The predicted octanol–water partition coefficient (Wildman–Crippen LogP) is 2.82. The first-order chi connectivity index (χ1) is 11.2. The number of carbonyl (C=O) groups is 1. The molecule has 0 radical (unpaired) electrons. The summed E-state index contributed by atoms with van der Waals surface area (Å²) in [5.41, 5.74) is 1.53. The molecule has 2 fully saturated rings. The van der Waals surface area contributed by atoms with E-state index in [1.807, 2.05) is 36.5 Å². The van der Waals surface area contributed by atoms with Crippen molar-refractivity contribution in [2.45, 2.75) is 31.0 Å². The van der Waals surface area contributed by atoms with Crippen molar-refractivity contribution in [2.75, 3.05) is 11.4 Å². The van der Waals surface area contributed by atoms with Crippen LogP contribution in [0.1, 0.15) is 18.4 Å². The maximum Gasteiger partial charge on any atom is 0.414 e. The summed E-state index contributed by atoms with van der Waals surface area (Å²) in [7, 11) is 0. The second-order valence-electron chi connectivity index (χ2n) is 6.03. The Labute approximate surface area is 134 Å². The molecule has 1 aliphatic heterocycles. The monoisotopic (exact) mass is 308 g/mol. The van der Waals surface area contributed by atoms with E-state index in [9.17, 15) is 4.79 Å². The highest BCUT2D eigenvalue weighted by Gasteiger charge is 2.52. The quantitative estimate of drug-likeness (QED) is 0.816. The summed E-state index contributed by atoms with van der Waals surface area (Å²) >= 11 is 0. The lowest BCUT2D eigenvalue weighted by molar-refractivity contribution is 0.129. The van der Waals surface area contributed by atoms with Crippen LogP contribution in [0.25, 0.3) is 4.85 Å². The van der Waals surface area contributed by atoms with E-state index >= 15 is 0 Å². The van der Waals surface area contributed by atoms with Gasteiger partial charge in [-0.2, -0.15) is 5.10 Å². The number of nitrogens with zero attached hydrogens (tertiary/aromatic N) is 4. The van der Waals surface area contributed by atoms with Crippen LogP contribution in [0.4, 0.5) is 10.5 Å². The van der Waals surface area contributed by atoms with Crippen molar-refractivity contribution in [1.29, 1.82) is 0 Å². The van der Waals surface area contributed by atoms with Gasteiger partial charge in [0, 0.05) is 36.5 Å². The van der Waals surface area contributed by atoms with E-state index in [-0.39, 0.29) is 17.7 Å². The van der Waals surface area contributed by atoms with Gasteiger partial charge in [-0.1, -0.05) is 0 Å². The molecular weight excluding hydrogens is 292 g/mol. The van der Waals surface area contributed by atoms with Gasteiger partial charge in [-0.05, 0) is 30.3 Å². The van der Waals surface area contributed by atoms with Crippen molar-refractivity contribution >= 4 is 11.8 Å². The second-order valence-corrected chi connectivity index (χ2v) is 6.03. The molecule has 1 atom stereocenters. The van der Waals surface area contributed by atoms with Crippen molar-refractivity contribution in [2.24, 2.45) is 0 Å². The minimum Gasteiger partial charge on any atom is -0.442 e. The van der Waals surface area contributed by atoms with E-state index in [2.05, 4.69) is 9.94 Å². The fourth-order valence-corrected chi connectivity index (χ4v) is 2.98. The van der Waals surface area contributed by atoms with Crippen LogP contribution in [0, 0.1) is 6.57 Å². The molecule has 1 saturated heterocycles. The first-order valence-corrected chi connectivity index (χ1v) is 7.65. The molecule has 0 spiro atoms. The van der Waals surface area contributed by atoms with Gasteiger partial charge in [0.05, 0.1) is 13.1 Å². The largest absolute Gasteiger partial charge is 0.442 e. The van der Waals surface area contributed by atoms with Gasteiger partial charge in [0.15, 0.2) is 0 Å². The van der Waals surface area contributed by atoms with E-state index in [0.717, 1.165) is 24.1 Å². The number of carbonyl (C=O) groups excluding carboxylic acids is 1. The summed E-state index contributed by atoms with van der Waals surface area (Å²) in [6.45, 7) is 8.37. The van der Waals surface area contributed by atoms with E-state index in [1.54, 1.807) is 15.8 Å². The average Bonchev–Trinajstić information content (AvgIpc) is 3.05. The van der Waals surface area contributed by atoms with Gasteiger partial charge in [0.1, 0.15) is 6.10 Å². The number of benzene rings is 1. The van der Waals surface area contributed by atoms with E-state index in [4.69, 9.17) is 11.3 Å². The smallest absolute Gasteiger partial charge is 0.414 e. The standard InChI is InChI=1S/C17H16N4O2/c1-18-17(7-8-17)13-3-5-14(6-4-13)21-12-15(23-16(21)22)11-20-10-2-9-19-20/h2-6,9-10,15H,7-8,11-12H2/t15-/m0/s1. The van der Waals surface area contributed by atoms with Crippen LogP contribution in [0.15, 0.2) is 42.7 Å². The van der Waals surface area contributed by atoms with Gasteiger partial charge in [-0.3, -0.25) is 9.58 Å². The lowest BCUT2D eigenvalue weighted by Gasteiger charge is -2.14. The molecule has 1 saturated carbocycles. The van der Waals surface area contributed by atoms with E-state index in [0.29, 0.717) is 13.1 Å². The zero-order valence-electron chi connectivity index (χ0n) is 12.6. The Morgan fingerprint density at radius 3 is 2.74 bits per heavy atom. The first-order valence-electron chi connectivity index (χ1n) is 7.65. The molecule has 2 aromatic rings. The van der Waals surface area contributed by atoms with Crippen LogP contribution in [0.3, 0.4) is 0 Å². The molecule has 1 amide bonds. The Balaban J connectivity index is 1.48. The lowest BCUT2D eigenvalue weighted by Crippen LogP contribution is -2.26.